The van der Waals surface area contributed by atoms with Gasteiger partial charge < -0.3 is 5.32 Å². The van der Waals surface area contributed by atoms with Gasteiger partial charge in [-0.3, -0.25) is 10.1 Å². The van der Waals surface area contributed by atoms with E-state index < -0.39 is 0 Å². The molecule has 4 nitrogen and oxygen atoms in total. The molecule has 0 fully saturated rings. The quantitative estimate of drug-likeness (QED) is 0.668. The number of nitro benzene ring substituents is 1. The first-order chi connectivity index (χ1) is 9.08. The van der Waals surface area contributed by atoms with E-state index >= 15 is 0 Å². The van der Waals surface area contributed by atoms with E-state index in [4.69, 9.17) is 0 Å². The van der Waals surface area contributed by atoms with Gasteiger partial charge in [0.2, 0.25) is 0 Å². The highest BCUT2D eigenvalue weighted by Gasteiger charge is 2.16. The number of hydrogen-bond donors (Lipinski definition) is 1. The highest BCUT2D eigenvalue weighted by Crippen LogP contribution is 2.28. The number of anilines is 1. The molecule has 4 heteroatoms. The number of aryl methyl sites for hydroxylation is 2. The maximum atomic E-state index is 11.1. The fourth-order valence-electron chi connectivity index (χ4n) is 2.06. The Morgan fingerprint density at radius 3 is 2.58 bits per heavy atom. The van der Waals surface area contributed by atoms with Crippen molar-refractivity contribution in [2.75, 3.05) is 5.32 Å². The van der Waals surface area contributed by atoms with Gasteiger partial charge in [0.1, 0.15) is 5.69 Å². The van der Waals surface area contributed by atoms with Gasteiger partial charge in [-0.25, -0.2) is 0 Å². The van der Waals surface area contributed by atoms with Gasteiger partial charge in [-0.2, -0.15) is 0 Å². The Hall–Kier alpha value is -2.36. The van der Waals surface area contributed by atoms with Gasteiger partial charge in [-0.05, 0) is 25.5 Å². The van der Waals surface area contributed by atoms with Gasteiger partial charge in [0.15, 0.2) is 0 Å². The standard InChI is InChI=1S/C15H16N2O2/c1-11-5-3-7-13(9-11)10-16-14-8-4-6-12(2)15(14)17(18)19/h3-9,16H,10H2,1-2H3. The van der Waals surface area contributed by atoms with Gasteiger partial charge in [0, 0.05) is 12.1 Å². The number of benzene rings is 2. The van der Waals surface area contributed by atoms with E-state index in [1.54, 1.807) is 19.1 Å². The zero-order chi connectivity index (χ0) is 13.8. The molecule has 2 aromatic carbocycles. The molecule has 19 heavy (non-hydrogen) atoms. The molecule has 0 spiro atoms. The van der Waals surface area contributed by atoms with E-state index in [-0.39, 0.29) is 10.6 Å². The van der Waals surface area contributed by atoms with Crippen LogP contribution in [0, 0.1) is 24.0 Å². The van der Waals surface area contributed by atoms with Crippen molar-refractivity contribution in [1.29, 1.82) is 0 Å². The topological polar surface area (TPSA) is 55.2 Å². The SMILES string of the molecule is Cc1cccc(CNc2cccc(C)c2[N+](=O)[O-])c1. The molecular weight excluding hydrogens is 240 g/mol. The van der Waals surface area contributed by atoms with E-state index in [9.17, 15) is 10.1 Å². The van der Waals surface area contributed by atoms with Crippen LogP contribution in [0.15, 0.2) is 42.5 Å². The maximum Gasteiger partial charge on any atom is 0.295 e. The molecule has 0 amide bonds. The predicted octanol–water partition coefficient (Wildman–Crippen LogP) is 3.82. The second-order valence-electron chi connectivity index (χ2n) is 4.57. The third-order valence-electron chi connectivity index (χ3n) is 2.99. The number of nitro groups is 1. The Morgan fingerprint density at radius 1 is 1.16 bits per heavy atom. The average molecular weight is 256 g/mol. The van der Waals surface area contributed by atoms with Crippen LogP contribution in [0.4, 0.5) is 11.4 Å². The monoisotopic (exact) mass is 256 g/mol. The lowest BCUT2D eigenvalue weighted by atomic mass is 10.1. The maximum absolute atomic E-state index is 11.1. The van der Waals surface area contributed by atoms with Crippen molar-refractivity contribution >= 4 is 11.4 Å². The van der Waals surface area contributed by atoms with Gasteiger partial charge in [0.25, 0.3) is 5.69 Å². The van der Waals surface area contributed by atoms with Crippen molar-refractivity contribution in [2.45, 2.75) is 20.4 Å². The van der Waals surface area contributed by atoms with Crippen LogP contribution in [0.25, 0.3) is 0 Å². The van der Waals surface area contributed by atoms with Crippen LogP contribution in [0.3, 0.4) is 0 Å². The van der Waals surface area contributed by atoms with Crippen LogP contribution < -0.4 is 5.32 Å². The van der Waals surface area contributed by atoms with E-state index in [1.165, 1.54) is 5.56 Å². The van der Waals surface area contributed by atoms with Crippen LogP contribution in [0.1, 0.15) is 16.7 Å². The summed E-state index contributed by atoms with van der Waals surface area (Å²) < 4.78 is 0. The lowest BCUT2D eigenvalue weighted by Crippen LogP contribution is -2.03. The molecule has 0 aliphatic rings. The van der Waals surface area contributed by atoms with Crippen molar-refractivity contribution in [1.82, 2.24) is 0 Å². The molecule has 0 aliphatic heterocycles. The largest absolute Gasteiger partial charge is 0.375 e. The smallest absolute Gasteiger partial charge is 0.295 e. The summed E-state index contributed by atoms with van der Waals surface area (Å²) in [6.07, 6.45) is 0. The van der Waals surface area contributed by atoms with Crippen LogP contribution in [0.2, 0.25) is 0 Å². The van der Waals surface area contributed by atoms with Crippen molar-refractivity contribution in [3.05, 3.63) is 69.3 Å². The summed E-state index contributed by atoms with van der Waals surface area (Å²) in [6.45, 7) is 4.35. The van der Waals surface area contributed by atoms with Crippen LogP contribution in [-0.4, -0.2) is 4.92 Å². The minimum atomic E-state index is -0.339. The summed E-state index contributed by atoms with van der Waals surface area (Å²) in [5.74, 6) is 0. The van der Waals surface area contributed by atoms with Crippen molar-refractivity contribution in [3.8, 4) is 0 Å². The zero-order valence-electron chi connectivity index (χ0n) is 11.0. The molecule has 0 aliphatic carbocycles. The lowest BCUT2D eigenvalue weighted by molar-refractivity contribution is -0.384. The normalized spacial score (nSPS) is 10.2. The molecule has 0 aromatic heterocycles. The highest BCUT2D eigenvalue weighted by atomic mass is 16.6. The molecule has 0 atom stereocenters. The number of nitrogens with zero attached hydrogens (tertiary/aromatic N) is 1. The molecule has 0 saturated carbocycles. The van der Waals surface area contributed by atoms with Crippen molar-refractivity contribution in [3.63, 3.8) is 0 Å². The minimum absolute atomic E-state index is 0.148. The molecule has 0 unspecified atom stereocenters. The van der Waals surface area contributed by atoms with Gasteiger partial charge in [0.05, 0.1) is 4.92 Å². The molecule has 1 N–H and O–H groups in total. The van der Waals surface area contributed by atoms with Crippen LogP contribution >= 0.6 is 0 Å². The number of hydrogen-bond acceptors (Lipinski definition) is 3. The number of para-hydroxylation sites is 1. The first-order valence-electron chi connectivity index (χ1n) is 6.11. The van der Waals surface area contributed by atoms with Gasteiger partial charge in [-0.15, -0.1) is 0 Å². The summed E-state index contributed by atoms with van der Waals surface area (Å²) in [4.78, 5) is 10.7. The first kappa shape index (κ1) is 13.1. The van der Waals surface area contributed by atoms with Gasteiger partial charge >= 0.3 is 0 Å². The van der Waals surface area contributed by atoms with Crippen molar-refractivity contribution < 1.29 is 4.92 Å². The second-order valence-corrected chi connectivity index (χ2v) is 4.57. The Bertz CT molecular complexity index is 609. The summed E-state index contributed by atoms with van der Waals surface area (Å²) in [5.41, 5.74) is 3.66. The Labute approximate surface area is 112 Å². The van der Waals surface area contributed by atoms with E-state index in [0.29, 0.717) is 17.8 Å². The minimum Gasteiger partial charge on any atom is -0.375 e. The molecule has 0 radical (unpaired) electrons. The molecule has 98 valence electrons. The Kier molecular flexibility index (Phi) is 3.80. The molecule has 2 aromatic rings. The summed E-state index contributed by atoms with van der Waals surface area (Å²) in [5, 5.41) is 14.2. The average Bonchev–Trinajstić information content (AvgIpc) is 2.36. The van der Waals surface area contributed by atoms with E-state index in [2.05, 4.69) is 11.4 Å². The summed E-state index contributed by atoms with van der Waals surface area (Å²) in [7, 11) is 0. The molecule has 0 bridgehead atoms. The summed E-state index contributed by atoms with van der Waals surface area (Å²) >= 11 is 0. The third-order valence-corrected chi connectivity index (χ3v) is 2.99. The summed E-state index contributed by atoms with van der Waals surface area (Å²) in [6, 6.07) is 13.4. The molecular formula is C15H16N2O2. The first-order valence-corrected chi connectivity index (χ1v) is 6.11. The van der Waals surface area contributed by atoms with Gasteiger partial charge in [-0.1, -0.05) is 42.0 Å². The van der Waals surface area contributed by atoms with Crippen LogP contribution in [0.5, 0.6) is 0 Å². The highest BCUT2D eigenvalue weighted by molar-refractivity contribution is 5.65. The van der Waals surface area contributed by atoms with Crippen molar-refractivity contribution in [2.24, 2.45) is 0 Å². The third kappa shape index (κ3) is 3.10. The van der Waals surface area contributed by atoms with E-state index in [1.807, 2.05) is 31.2 Å². The number of rotatable bonds is 4. The zero-order valence-corrected chi connectivity index (χ0v) is 11.0. The number of nitrogens with one attached hydrogen (secondary N) is 1. The lowest BCUT2D eigenvalue weighted by Gasteiger charge is -2.09. The Morgan fingerprint density at radius 2 is 1.89 bits per heavy atom. The fourth-order valence-corrected chi connectivity index (χ4v) is 2.06. The Balaban J connectivity index is 2.20. The molecule has 2 rings (SSSR count). The van der Waals surface area contributed by atoms with Crippen LogP contribution in [-0.2, 0) is 6.54 Å². The van der Waals surface area contributed by atoms with E-state index in [0.717, 1.165) is 5.56 Å². The molecule has 0 heterocycles. The fraction of sp³-hybridized carbons (Fsp3) is 0.200. The predicted molar refractivity (Wildman–Crippen MR) is 76.3 cm³/mol. The molecule has 0 saturated heterocycles. The second kappa shape index (κ2) is 5.52.